The summed E-state index contributed by atoms with van der Waals surface area (Å²) < 4.78 is 21.3. The molecule has 5 nitrogen and oxygen atoms in total. The Morgan fingerprint density at radius 3 is 3.12 bits per heavy atom. The number of aromatic nitrogens is 2. The summed E-state index contributed by atoms with van der Waals surface area (Å²) in [5.41, 5.74) is 0.854. The topological polar surface area (TPSA) is 56.1 Å². The molecule has 0 fully saturated rings. The van der Waals surface area contributed by atoms with Crippen LogP contribution < -0.4 is 5.32 Å². The quantitative estimate of drug-likeness (QED) is 0.916. The standard InChI is InChI=1S/C18H22FN3O2/c1-12(2)24-11-14-9-13(3-5-16(14)19)18(23)21-15-4-6-17-20-7-8-22(17)10-15/h3,5,7-9,12,15H,4,6,10-11H2,1-2H3,(H,21,23)/t15-/m0/s1. The number of hydrogen-bond acceptors (Lipinski definition) is 3. The number of nitrogens with one attached hydrogen (secondary N) is 1. The first kappa shape index (κ1) is 16.6. The van der Waals surface area contributed by atoms with Crippen LogP contribution in [0.1, 0.15) is 42.0 Å². The molecule has 1 aromatic carbocycles. The maximum Gasteiger partial charge on any atom is 0.251 e. The van der Waals surface area contributed by atoms with Crippen molar-refractivity contribution >= 4 is 5.91 Å². The van der Waals surface area contributed by atoms with Crippen LogP contribution in [0.4, 0.5) is 4.39 Å². The SMILES string of the molecule is CC(C)OCc1cc(C(=O)N[C@H]2CCc3nccn3C2)ccc1F. The molecule has 0 saturated heterocycles. The molecule has 6 heteroatoms. The molecular formula is C18H22FN3O2. The van der Waals surface area contributed by atoms with E-state index in [2.05, 4.69) is 14.9 Å². The molecule has 1 amide bonds. The molecule has 128 valence electrons. The van der Waals surface area contributed by atoms with Gasteiger partial charge in [0.1, 0.15) is 11.6 Å². The van der Waals surface area contributed by atoms with Crippen molar-refractivity contribution < 1.29 is 13.9 Å². The van der Waals surface area contributed by atoms with Crippen molar-refractivity contribution in [3.63, 3.8) is 0 Å². The lowest BCUT2D eigenvalue weighted by Crippen LogP contribution is -2.40. The van der Waals surface area contributed by atoms with Crippen LogP contribution in [0.15, 0.2) is 30.6 Å². The lowest BCUT2D eigenvalue weighted by atomic mass is 10.1. The van der Waals surface area contributed by atoms with Gasteiger partial charge in [-0.05, 0) is 38.5 Å². The van der Waals surface area contributed by atoms with Crippen molar-refractivity contribution in [1.82, 2.24) is 14.9 Å². The van der Waals surface area contributed by atoms with Crippen molar-refractivity contribution in [3.8, 4) is 0 Å². The molecule has 0 unspecified atom stereocenters. The summed E-state index contributed by atoms with van der Waals surface area (Å²) in [5.74, 6) is 0.512. The molecule has 2 heterocycles. The van der Waals surface area contributed by atoms with Gasteiger partial charge in [-0.3, -0.25) is 4.79 Å². The summed E-state index contributed by atoms with van der Waals surface area (Å²) in [7, 11) is 0. The Morgan fingerprint density at radius 1 is 1.50 bits per heavy atom. The fourth-order valence-electron chi connectivity index (χ4n) is 2.84. The Kier molecular flexibility index (Phi) is 4.94. The minimum absolute atomic E-state index is 0.00787. The number of benzene rings is 1. The number of carbonyl (C=O) groups excluding carboxylic acids is 1. The number of nitrogens with zero attached hydrogens (tertiary/aromatic N) is 2. The first-order chi connectivity index (χ1) is 11.5. The highest BCUT2D eigenvalue weighted by Crippen LogP contribution is 2.16. The number of carbonyl (C=O) groups is 1. The van der Waals surface area contributed by atoms with E-state index < -0.39 is 0 Å². The molecule has 3 rings (SSSR count). The second-order valence-electron chi connectivity index (χ2n) is 6.37. The number of ether oxygens (including phenoxy) is 1. The summed E-state index contributed by atoms with van der Waals surface area (Å²) in [5, 5.41) is 3.03. The van der Waals surface area contributed by atoms with Crippen LogP contribution in [-0.2, 0) is 24.3 Å². The number of amides is 1. The Hall–Kier alpha value is -2.21. The zero-order valence-corrected chi connectivity index (χ0v) is 14.0. The molecule has 0 radical (unpaired) electrons. The van der Waals surface area contributed by atoms with Gasteiger partial charge < -0.3 is 14.6 Å². The smallest absolute Gasteiger partial charge is 0.251 e. The minimum atomic E-state index is -0.354. The van der Waals surface area contributed by atoms with Crippen molar-refractivity contribution in [2.75, 3.05) is 0 Å². The summed E-state index contributed by atoms with van der Waals surface area (Å²) in [4.78, 5) is 16.7. The summed E-state index contributed by atoms with van der Waals surface area (Å²) >= 11 is 0. The van der Waals surface area contributed by atoms with Gasteiger partial charge in [0, 0.05) is 42.5 Å². The third-order valence-electron chi connectivity index (χ3n) is 4.15. The molecule has 0 saturated carbocycles. The predicted octanol–water partition coefficient (Wildman–Crippen LogP) is 2.69. The molecule has 24 heavy (non-hydrogen) atoms. The monoisotopic (exact) mass is 331 g/mol. The van der Waals surface area contributed by atoms with E-state index in [1.165, 1.54) is 12.1 Å². The van der Waals surface area contributed by atoms with Crippen molar-refractivity contribution in [2.45, 2.75) is 52.0 Å². The predicted molar refractivity (Wildman–Crippen MR) is 88.1 cm³/mol. The van der Waals surface area contributed by atoms with Crippen LogP contribution in [-0.4, -0.2) is 27.6 Å². The van der Waals surface area contributed by atoms with Crippen LogP contribution in [0.25, 0.3) is 0 Å². The molecular weight excluding hydrogens is 309 g/mol. The highest BCUT2D eigenvalue weighted by molar-refractivity contribution is 5.94. The van der Waals surface area contributed by atoms with Crippen LogP contribution in [0.2, 0.25) is 0 Å². The Morgan fingerprint density at radius 2 is 2.33 bits per heavy atom. The van der Waals surface area contributed by atoms with Crippen LogP contribution in [0.3, 0.4) is 0 Å². The molecule has 0 aliphatic carbocycles. The van der Waals surface area contributed by atoms with Gasteiger partial charge in [0.2, 0.25) is 0 Å². The lowest BCUT2D eigenvalue weighted by molar-refractivity contribution is 0.0638. The summed E-state index contributed by atoms with van der Waals surface area (Å²) in [6.45, 7) is 4.65. The van der Waals surface area contributed by atoms with Crippen LogP contribution in [0, 0.1) is 5.82 Å². The fourth-order valence-corrected chi connectivity index (χ4v) is 2.84. The van der Waals surface area contributed by atoms with Gasteiger partial charge in [0.05, 0.1) is 12.7 Å². The van der Waals surface area contributed by atoms with E-state index in [1.807, 2.05) is 20.0 Å². The minimum Gasteiger partial charge on any atom is -0.374 e. The number of hydrogen-bond donors (Lipinski definition) is 1. The second-order valence-corrected chi connectivity index (χ2v) is 6.37. The third kappa shape index (κ3) is 3.82. The van der Waals surface area contributed by atoms with Crippen molar-refractivity contribution in [3.05, 3.63) is 53.4 Å². The maximum atomic E-state index is 13.8. The van der Waals surface area contributed by atoms with E-state index in [9.17, 15) is 9.18 Å². The average molecular weight is 331 g/mol. The van der Waals surface area contributed by atoms with Gasteiger partial charge in [0.25, 0.3) is 5.91 Å². The first-order valence-corrected chi connectivity index (χ1v) is 8.24. The largest absolute Gasteiger partial charge is 0.374 e. The zero-order chi connectivity index (χ0) is 17.1. The molecule has 0 spiro atoms. The van der Waals surface area contributed by atoms with E-state index in [0.29, 0.717) is 17.7 Å². The number of halogens is 1. The fraction of sp³-hybridized carbons (Fsp3) is 0.444. The van der Waals surface area contributed by atoms with Gasteiger partial charge in [0.15, 0.2) is 0 Å². The molecule has 1 aliphatic rings. The number of rotatable bonds is 5. The number of aryl methyl sites for hydroxylation is 1. The molecule has 2 aromatic rings. The van der Waals surface area contributed by atoms with E-state index in [-0.39, 0.29) is 30.5 Å². The number of imidazole rings is 1. The maximum absolute atomic E-state index is 13.8. The van der Waals surface area contributed by atoms with Crippen LogP contribution >= 0.6 is 0 Å². The van der Waals surface area contributed by atoms with Crippen LogP contribution in [0.5, 0.6) is 0 Å². The van der Waals surface area contributed by atoms with E-state index >= 15 is 0 Å². The summed E-state index contributed by atoms with van der Waals surface area (Å²) in [6.07, 6.45) is 5.41. The van der Waals surface area contributed by atoms with E-state index in [1.54, 1.807) is 12.3 Å². The van der Waals surface area contributed by atoms with Gasteiger partial charge in [-0.25, -0.2) is 9.37 Å². The van der Waals surface area contributed by atoms with Crippen molar-refractivity contribution in [2.24, 2.45) is 0 Å². The normalized spacial score (nSPS) is 16.9. The molecule has 1 N–H and O–H groups in total. The van der Waals surface area contributed by atoms with E-state index in [0.717, 1.165) is 18.7 Å². The molecule has 1 aliphatic heterocycles. The molecule has 0 bridgehead atoms. The van der Waals surface area contributed by atoms with E-state index in [4.69, 9.17) is 4.74 Å². The Labute approximate surface area is 140 Å². The Bertz CT molecular complexity index is 727. The van der Waals surface area contributed by atoms with Gasteiger partial charge in [-0.15, -0.1) is 0 Å². The molecule has 1 aromatic heterocycles. The highest BCUT2D eigenvalue weighted by Gasteiger charge is 2.21. The first-order valence-electron chi connectivity index (χ1n) is 8.24. The van der Waals surface area contributed by atoms with Gasteiger partial charge in [-0.2, -0.15) is 0 Å². The molecule has 1 atom stereocenters. The van der Waals surface area contributed by atoms with Crippen molar-refractivity contribution in [1.29, 1.82) is 0 Å². The zero-order valence-electron chi connectivity index (χ0n) is 14.0. The third-order valence-corrected chi connectivity index (χ3v) is 4.15. The van der Waals surface area contributed by atoms with Gasteiger partial charge in [-0.1, -0.05) is 0 Å². The number of fused-ring (bicyclic) bond motifs is 1. The summed E-state index contributed by atoms with van der Waals surface area (Å²) in [6, 6.07) is 4.45. The lowest BCUT2D eigenvalue weighted by Gasteiger charge is -2.24. The average Bonchev–Trinajstić information content (AvgIpc) is 3.01. The Balaban J connectivity index is 1.66. The second kappa shape index (κ2) is 7.13. The highest BCUT2D eigenvalue weighted by atomic mass is 19.1. The van der Waals surface area contributed by atoms with Gasteiger partial charge >= 0.3 is 0 Å².